The Bertz CT molecular complexity index is 517. The van der Waals surface area contributed by atoms with Crippen molar-refractivity contribution in [2.75, 3.05) is 19.6 Å². The summed E-state index contributed by atoms with van der Waals surface area (Å²) in [4.78, 5) is 26.1. The zero-order valence-electron chi connectivity index (χ0n) is 13.3. The van der Waals surface area contributed by atoms with Gasteiger partial charge in [-0.15, -0.1) is 12.4 Å². The number of piperazine rings is 1. The fourth-order valence-electron chi connectivity index (χ4n) is 2.41. The average molecular weight is 326 g/mol. The van der Waals surface area contributed by atoms with Crippen LogP contribution >= 0.6 is 12.4 Å². The molecule has 1 aromatic carbocycles. The van der Waals surface area contributed by atoms with Crippen LogP contribution in [-0.2, 0) is 0 Å². The summed E-state index contributed by atoms with van der Waals surface area (Å²) >= 11 is 0. The van der Waals surface area contributed by atoms with E-state index >= 15 is 0 Å². The lowest BCUT2D eigenvalue weighted by Crippen LogP contribution is -2.51. The zero-order valence-corrected chi connectivity index (χ0v) is 14.1. The third-order valence-corrected chi connectivity index (χ3v) is 3.47. The van der Waals surface area contributed by atoms with Crippen LogP contribution in [0.15, 0.2) is 24.3 Å². The number of carbonyl (C=O) groups excluding carboxylic acids is 2. The summed E-state index contributed by atoms with van der Waals surface area (Å²) in [5.41, 5.74) is 1.21. The van der Waals surface area contributed by atoms with Crippen molar-refractivity contribution in [1.82, 2.24) is 15.5 Å². The Labute approximate surface area is 137 Å². The Morgan fingerprint density at radius 2 is 1.82 bits per heavy atom. The lowest BCUT2D eigenvalue weighted by Gasteiger charge is -2.32. The predicted octanol–water partition coefficient (Wildman–Crippen LogP) is 1.68. The Kier molecular flexibility index (Phi) is 6.84. The molecule has 0 spiro atoms. The van der Waals surface area contributed by atoms with Crippen LogP contribution in [-0.4, -0.2) is 48.4 Å². The van der Waals surface area contributed by atoms with Crippen LogP contribution in [0.1, 0.15) is 41.5 Å². The van der Waals surface area contributed by atoms with Crippen LogP contribution in [0.25, 0.3) is 0 Å². The van der Waals surface area contributed by atoms with Gasteiger partial charge < -0.3 is 15.5 Å². The van der Waals surface area contributed by atoms with Crippen LogP contribution in [0.5, 0.6) is 0 Å². The van der Waals surface area contributed by atoms with Gasteiger partial charge in [0.1, 0.15) is 0 Å². The first kappa shape index (κ1) is 18.5. The van der Waals surface area contributed by atoms with Crippen molar-refractivity contribution in [2.45, 2.75) is 32.9 Å². The Morgan fingerprint density at radius 3 is 2.36 bits per heavy atom. The number of amides is 2. The Morgan fingerprint density at radius 1 is 1.23 bits per heavy atom. The second kappa shape index (κ2) is 8.15. The lowest BCUT2D eigenvalue weighted by atomic mass is 10.1. The molecule has 122 valence electrons. The molecule has 1 atom stereocenters. The number of halogens is 1. The zero-order chi connectivity index (χ0) is 15.4. The molecule has 0 bridgehead atoms. The Hall–Kier alpha value is -1.59. The van der Waals surface area contributed by atoms with Crippen molar-refractivity contribution in [3.63, 3.8) is 0 Å². The van der Waals surface area contributed by atoms with E-state index in [4.69, 9.17) is 0 Å². The van der Waals surface area contributed by atoms with Crippen molar-refractivity contribution in [2.24, 2.45) is 0 Å². The second-order valence-corrected chi connectivity index (χ2v) is 5.81. The minimum absolute atomic E-state index is 0. The molecule has 1 saturated heterocycles. The van der Waals surface area contributed by atoms with Gasteiger partial charge in [-0.1, -0.05) is 0 Å². The van der Waals surface area contributed by atoms with Gasteiger partial charge in [0.25, 0.3) is 11.8 Å². The molecule has 2 N–H and O–H groups in total. The fourth-order valence-corrected chi connectivity index (χ4v) is 2.41. The highest BCUT2D eigenvalue weighted by molar-refractivity contribution is 5.98. The van der Waals surface area contributed by atoms with E-state index in [0.717, 1.165) is 13.1 Å². The predicted molar refractivity (Wildman–Crippen MR) is 89.7 cm³/mol. The number of rotatable bonds is 3. The lowest BCUT2D eigenvalue weighted by molar-refractivity contribution is 0.0708. The number of nitrogens with zero attached hydrogens (tertiary/aromatic N) is 1. The van der Waals surface area contributed by atoms with Gasteiger partial charge in [0.05, 0.1) is 0 Å². The average Bonchev–Trinajstić information content (AvgIpc) is 2.46. The molecule has 6 heteroatoms. The first-order valence-electron chi connectivity index (χ1n) is 7.41. The van der Waals surface area contributed by atoms with Gasteiger partial charge in [0, 0.05) is 42.8 Å². The van der Waals surface area contributed by atoms with E-state index in [1.807, 2.05) is 18.7 Å². The summed E-state index contributed by atoms with van der Waals surface area (Å²) in [5.74, 6) is -0.0843. The molecule has 1 aromatic rings. The molecular weight excluding hydrogens is 302 g/mol. The molecule has 1 heterocycles. The van der Waals surface area contributed by atoms with E-state index in [9.17, 15) is 9.59 Å². The van der Waals surface area contributed by atoms with Crippen molar-refractivity contribution in [3.8, 4) is 0 Å². The third-order valence-electron chi connectivity index (χ3n) is 3.47. The van der Waals surface area contributed by atoms with E-state index in [1.54, 1.807) is 24.3 Å². The molecule has 2 rings (SSSR count). The molecule has 0 saturated carbocycles. The summed E-state index contributed by atoms with van der Waals surface area (Å²) in [6, 6.07) is 7.28. The van der Waals surface area contributed by atoms with E-state index in [-0.39, 0.29) is 30.3 Å². The topological polar surface area (TPSA) is 61.4 Å². The minimum Gasteiger partial charge on any atom is -0.350 e. The summed E-state index contributed by atoms with van der Waals surface area (Å²) in [6.07, 6.45) is 0. The van der Waals surface area contributed by atoms with Gasteiger partial charge in [-0.3, -0.25) is 9.59 Å². The van der Waals surface area contributed by atoms with E-state index in [1.165, 1.54) is 0 Å². The molecule has 1 fully saturated rings. The minimum atomic E-state index is -0.111. The van der Waals surface area contributed by atoms with Crippen molar-refractivity contribution < 1.29 is 9.59 Å². The molecule has 0 unspecified atom stereocenters. The SMILES string of the molecule is CC(C)NC(=O)c1ccc(C(=O)N2CCN[C@H](C)C2)cc1.Cl. The number of benzene rings is 1. The highest BCUT2D eigenvalue weighted by atomic mass is 35.5. The quantitative estimate of drug-likeness (QED) is 0.889. The van der Waals surface area contributed by atoms with E-state index in [0.29, 0.717) is 23.7 Å². The highest BCUT2D eigenvalue weighted by Crippen LogP contribution is 2.10. The molecular formula is C16H24ClN3O2. The van der Waals surface area contributed by atoms with E-state index in [2.05, 4.69) is 17.6 Å². The Balaban J connectivity index is 0.00000242. The fraction of sp³-hybridized carbons (Fsp3) is 0.500. The number of hydrogen-bond donors (Lipinski definition) is 2. The smallest absolute Gasteiger partial charge is 0.253 e. The molecule has 0 aliphatic carbocycles. The molecule has 0 radical (unpaired) electrons. The van der Waals surface area contributed by atoms with Crippen LogP contribution < -0.4 is 10.6 Å². The van der Waals surface area contributed by atoms with Crippen molar-refractivity contribution in [1.29, 1.82) is 0 Å². The molecule has 22 heavy (non-hydrogen) atoms. The van der Waals surface area contributed by atoms with Crippen LogP contribution in [0.3, 0.4) is 0 Å². The molecule has 0 aromatic heterocycles. The van der Waals surface area contributed by atoms with Gasteiger partial charge in [0.15, 0.2) is 0 Å². The molecule has 1 aliphatic rings. The maximum Gasteiger partial charge on any atom is 0.253 e. The third kappa shape index (κ3) is 4.71. The van der Waals surface area contributed by atoms with Gasteiger partial charge in [-0.25, -0.2) is 0 Å². The van der Waals surface area contributed by atoms with Crippen molar-refractivity contribution >= 4 is 24.2 Å². The monoisotopic (exact) mass is 325 g/mol. The van der Waals surface area contributed by atoms with Gasteiger partial charge in [-0.2, -0.15) is 0 Å². The standard InChI is InChI=1S/C16H23N3O2.ClH/c1-11(2)18-15(20)13-4-6-14(7-5-13)16(21)19-9-8-17-12(3)10-19;/h4-7,11-12,17H,8-10H2,1-3H3,(H,18,20);1H/t12-;/m1./s1. The largest absolute Gasteiger partial charge is 0.350 e. The van der Waals surface area contributed by atoms with Crippen LogP contribution in [0.4, 0.5) is 0 Å². The van der Waals surface area contributed by atoms with Crippen molar-refractivity contribution in [3.05, 3.63) is 35.4 Å². The number of hydrogen-bond acceptors (Lipinski definition) is 3. The maximum absolute atomic E-state index is 12.4. The van der Waals surface area contributed by atoms with Crippen LogP contribution in [0.2, 0.25) is 0 Å². The summed E-state index contributed by atoms with van der Waals surface area (Å²) in [6.45, 7) is 8.16. The first-order valence-corrected chi connectivity index (χ1v) is 7.41. The van der Waals surface area contributed by atoms with Gasteiger partial charge in [-0.05, 0) is 45.0 Å². The highest BCUT2D eigenvalue weighted by Gasteiger charge is 2.21. The number of nitrogens with one attached hydrogen (secondary N) is 2. The van der Waals surface area contributed by atoms with Crippen LogP contribution in [0, 0.1) is 0 Å². The second-order valence-electron chi connectivity index (χ2n) is 5.81. The number of carbonyl (C=O) groups is 2. The molecule has 1 aliphatic heterocycles. The normalized spacial score (nSPS) is 17.8. The molecule has 5 nitrogen and oxygen atoms in total. The maximum atomic E-state index is 12.4. The summed E-state index contributed by atoms with van der Waals surface area (Å²) in [7, 11) is 0. The summed E-state index contributed by atoms with van der Waals surface area (Å²) in [5, 5.41) is 6.15. The summed E-state index contributed by atoms with van der Waals surface area (Å²) < 4.78 is 0. The van der Waals surface area contributed by atoms with Gasteiger partial charge >= 0.3 is 0 Å². The molecule has 2 amide bonds. The van der Waals surface area contributed by atoms with E-state index < -0.39 is 0 Å². The van der Waals surface area contributed by atoms with Gasteiger partial charge in [0.2, 0.25) is 0 Å². The first-order chi connectivity index (χ1) is 9.97.